The standard InChI is InChI=1S/C47H34N2/c1-47-31-35-17-8-9-22-38(35)45(34-27-28-40-39-23-10-12-25-42(39)48(44(40)30-34)36-19-6-3-7-20-36)46(47)49(43-26-13-11-24-41(43)47)37-21-14-18-33(29-37)32-15-4-2-5-16-32/h2-30H,31H2,1H3. The Morgan fingerprint density at radius 2 is 1.16 bits per heavy atom. The summed E-state index contributed by atoms with van der Waals surface area (Å²) in [5.41, 5.74) is 16.2. The highest BCUT2D eigenvalue weighted by Gasteiger charge is 2.49. The van der Waals surface area contributed by atoms with E-state index in [-0.39, 0.29) is 5.41 Å². The van der Waals surface area contributed by atoms with Gasteiger partial charge in [-0.25, -0.2) is 0 Å². The highest BCUT2D eigenvalue weighted by molar-refractivity contribution is 6.10. The molecular weight excluding hydrogens is 593 g/mol. The van der Waals surface area contributed by atoms with E-state index in [1.807, 2.05) is 0 Å². The average Bonchev–Trinajstić information content (AvgIpc) is 3.63. The van der Waals surface area contributed by atoms with E-state index in [0.717, 1.165) is 6.42 Å². The summed E-state index contributed by atoms with van der Waals surface area (Å²) in [6.45, 7) is 2.46. The van der Waals surface area contributed by atoms with Crippen molar-refractivity contribution in [2.75, 3.05) is 4.90 Å². The summed E-state index contributed by atoms with van der Waals surface area (Å²) in [5.74, 6) is 0. The molecule has 1 aromatic heterocycles. The van der Waals surface area contributed by atoms with Gasteiger partial charge in [0, 0.05) is 38.8 Å². The molecule has 0 saturated heterocycles. The predicted molar refractivity (Wildman–Crippen MR) is 205 cm³/mol. The van der Waals surface area contributed by atoms with Crippen molar-refractivity contribution >= 4 is 38.8 Å². The third-order valence-electron chi connectivity index (χ3n) is 10.7. The van der Waals surface area contributed by atoms with Gasteiger partial charge in [-0.2, -0.15) is 0 Å². The van der Waals surface area contributed by atoms with Gasteiger partial charge in [-0.1, -0.05) is 133 Å². The second-order valence-corrected chi connectivity index (χ2v) is 13.6. The van der Waals surface area contributed by atoms with Crippen LogP contribution in [0.1, 0.15) is 29.2 Å². The predicted octanol–water partition coefficient (Wildman–Crippen LogP) is 11.9. The molecule has 8 aromatic rings. The lowest BCUT2D eigenvalue weighted by atomic mass is 9.68. The van der Waals surface area contributed by atoms with E-state index in [9.17, 15) is 0 Å². The number of hydrogen-bond donors (Lipinski definition) is 0. The van der Waals surface area contributed by atoms with Crippen molar-refractivity contribution in [3.63, 3.8) is 0 Å². The number of hydrogen-bond acceptors (Lipinski definition) is 1. The van der Waals surface area contributed by atoms with Gasteiger partial charge in [0.1, 0.15) is 0 Å². The maximum absolute atomic E-state index is 2.56. The molecule has 2 heteroatoms. The molecule has 10 rings (SSSR count). The van der Waals surface area contributed by atoms with Crippen LogP contribution in [0.4, 0.5) is 11.4 Å². The molecule has 1 unspecified atom stereocenters. The van der Waals surface area contributed by atoms with Crippen LogP contribution in [-0.2, 0) is 11.8 Å². The Morgan fingerprint density at radius 1 is 0.490 bits per heavy atom. The molecule has 7 aromatic carbocycles. The van der Waals surface area contributed by atoms with Gasteiger partial charge < -0.3 is 9.47 Å². The number of nitrogens with zero attached hydrogens (tertiary/aromatic N) is 2. The molecule has 0 saturated carbocycles. The first-order chi connectivity index (χ1) is 24.2. The average molecular weight is 627 g/mol. The van der Waals surface area contributed by atoms with Crippen molar-refractivity contribution in [3.05, 3.63) is 204 Å². The summed E-state index contributed by atoms with van der Waals surface area (Å²) in [6.07, 6.45) is 0.945. The largest absolute Gasteiger partial charge is 0.312 e. The van der Waals surface area contributed by atoms with Crippen LogP contribution in [0.25, 0.3) is 44.2 Å². The Kier molecular flexibility index (Phi) is 6.10. The molecule has 1 atom stereocenters. The molecule has 1 aliphatic heterocycles. The molecule has 0 amide bonds. The first-order valence-electron chi connectivity index (χ1n) is 17.2. The maximum atomic E-state index is 2.56. The number of rotatable bonds is 4. The second kappa shape index (κ2) is 10.7. The van der Waals surface area contributed by atoms with Crippen molar-refractivity contribution in [2.45, 2.75) is 18.8 Å². The lowest BCUT2D eigenvalue weighted by molar-refractivity contribution is 0.563. The fraction of sp³-hybridized carbons (Fsp3) is 0.0638. The minimum atomic E-state index is -0.218. The first kappa shape index (κ1) is 27.9. The first-order valence-corrected chi connectivity index (χ1v) is 17.2. The van der Waals surface area contributed by atoms with Gasteiger partial charge in [-0.3, -0.25) is 0 Å². The minimum absolute atomic E-state index is 0.218. The van der Waals surface area contributed by atoms with Crippen LogP contribution in [0.2, 0.25) is 0 Å². The van der Waals surface area contributed by atoms with E-state index in [4.69, 9.17) is 0 Å². The van der Waals surface area contributed by atoms with E-state index in [1.54, 1.807) is 0 Å². The van der Waals surface area contributed by atoms with E-state index in [1.165, 1.54) is 83.5 Å². The maximum Gasteiger partial charge on any atom is 0.0547 e. The quantitative estimate of drug-likeness (QED) is 0.189. The van der Waals surface area contributed by atoms with Crippen molar-refractivity contribution in [3.8, 4) is 16.8 Å². The smallest absolute Gasteiger partial charge is 0.0547 e. The van der Waals surface area contributed by atoms with Crippen LogP contribution in [0, 0.1) is 0 Å². The monoisotopic (exact) mass is 626 g/mol. The zero-order chi connectivity index (χ0) is 32.5. The number of fused-ring (bicyclic) bond motifs is 7. The summed E-state index contributed by atoms with van der Waals surface area (Å²) >= 11 is 0. The molecule has 2 aliphatic rings. The van der Waals surface area contributed by atoms with E-state index >= 15 is 0 Å². The Bertz CT molecular complexity index is 2590. The Balaban J connectivity index is 1.29. The van der Waals surface area contributed by atoms with Gasteiger partial charge in [0.25, 0.3) is 0 Å². The van der Waals surface area contributed by atoms with Crippen LogP contribution in [0.5, 0.6) is 0 Å². The number of benzene rings is 7. The van der Waals surface area contributed by atoms with E-state index in [0.29, 0.717) is 0 Å². The Morgan fingerprint density at radius 3 is 2.04 bits per heavy atom. The summed E-state index contributed by atoms with van der Waals surface area (Å²) in [6, 6.07) is 64.6. The number of allylic oxidation sites excluding steroid dienone is 1. The SMILES string of the molecule is CC12Cc3ccccc3C(c3ccc4c5ccccc5n(-c5ccccc5)c4c3)=C1N(c1cccc(-c3ccccc3)c1)c1ccccc12. The molecule has 1 aliphatic carbocycles. The molecule has 232 valence electrons. The van der Waals surface area contributed by atoms with Crippen LogP contribution in [0.15, 0.2) is 182 Å². The normalized spacial score (nSPS) is 16.6. The number of aromatic nitrogens is 1. The third kappa shape index (κ3) is 4.14. The summed E-state index contributed by atoms with van der Waals surface area (Å²) in [7, 11) is 0. The fourth-order valence-corrected chi connectivity index (χ4v) is 8.62. The molecule has 0 fully saturated rings. The topological polar surface area (TPSA) is 8.17 Å². The molecule has 49 heavy (non-hydrogen) atoms. The van der Waals surface area contributed by atoms with Crippen molar-refractivity contribution in [1.29, 1.82) is 0 Å². The highest BCUT2D eigenvalue weighted by atomic mass is 15.2. The van der Waals surface area contributed by atoms with Crippen molar-refractivity contribution < 1.29 is 0 Å². The molecule has 0 spiro atoms. The van der Waals surface area contributed by atoms with Crippen LogP contribution >= 0.6 is 0 Å². The van der Waals surface area contributed by atoms with E-state index in [2.05, 4.69) is 192 Å². The van der Waals surface area contributed by atoms with Crippen molar-refractivity contribution in [2.24, 2.45) is 0 Å². The molecule has 2 heterocycles. The number of para-hydroxylation sites is 3. The van der Waals surface area contributed by atoms with Crippen LogP contribution < -0.4 is 4.90 Å². The zero-order valence-corrected chi connectivity index (χ0v) is 27.3. The summed E-state index contributed by atoms with van der Waals surface area (Å²) < 4.78 is 2.43. The van der Waals surface area contributed by atoms with Gasteiger partial charge >= 0.3 is 0 Å². The molecular formula is C47H34N2. The molecule has 2 nitrogen and oxygen atoms in total. The van der Waals surface area contributed by atoms with Gasteiger partial charge in [-0.05, 0) is 89.2 Å². The Labute approximate surface area is 286 Å². The lowest BCUT2D eigenvalue weighted by Gasteiger charge is -2.38. The van der Waals surface area contributed by atoms with E-state index < -0.39 is 0 Å². The Hall–Kier alpha value is -6.12. The number of anilines is 2. The van der Waals surface area contributed by atoms with Crippen LogP contribution in [-0.4, -0.2) is 4.57 Å². The molecule has 0 N–H and O–H groups in total. The molecule has 0 radical (unpaired) electrons. The highest BCUT2D eigenvalue weighted by Crippen LogP contribution is 2.58. The fourth-order valence-electron chi connectivity index (χ4n) is 8.62. The minimum Gasteiger partial charge on any atom is -0.312 e. The van der Waals surface area contributed by atoms with Gasteiger partial charge in [0.2, 0.25) is 0 Å². The third-order valence-corrected chi connectivity index (χ3v) is 10.7. The molecule has 0 bridgehead atoms. The second-order valence-electron chi connectivity index (χ2n) is 13.6. The summed E-state index contributed by atoms with van der Waals surface area (Å²) in [5, 5.41) is 2.54. The van der Waals surface area contributed by atoms with Crippen molar-refractivity contribution in [1.82, 2.24) is 4.57 Å². The van der Waals surface area contributed by atoms with Crippen LogP contribution in [0.3, 0.4) is 0 Å². The summed E-state index contributed by atoms with van der Waals surface area (Å²) in [4.78, 5) is 2.56. The zero-order valence-electron chi connectivity index (χ0n) is 27.3. The lowest BCUT2D eigenvalue weighted by Crippen LogP contribution is -2.33. The van der Waals surface area contributed by atoms with Gasteiger partial charge in [0.15, 0.2) is 0 Å². The van der Waals surface area contributed by atoms with Gasteiger partial charge in [0.05, 0.1) is 16.7 Å². The van der Waals surface area contributed by atoms with Gasteiger partial charge in [-0.15, -0.1) is 0 Å².